The maximum absolute atomic E-state index is 11.9. The molecule has 0 spiro atoms. The summed E-state index contributed by atoms with van der Waals surface area (Å²) in [7, 11) is -3.64. The fraction of sp³-hybridized carbons (Fsp3) is 0.500. The van der Waals surface area contributed by atoms with E-state index in [2.05, 4.69) is 4.72 Å². The molecule has 1 unspecified atom stereocenters. The molecule has 0 bridgehead atoms. The molecule has 17 heavy (non-hydrogen) atoms. The third-order valence-corrected chi connectivity index (χ3v) is 5.07. The molecule has 94 valence electrons. The molecule has 7 heteroatoms. The topological polar surface area (TPSA) is 76.4 Å². The lowest BCUT2D eigenvalue weighted by molar-refractivity contribution is 0.109. The van der Waals surface area contributed by atoms with Crippen LogP contribution in [0.1, 0.15) is 23.4 Å². The van der Waals surface area contributed by atoms with Crippen molar-refractivity contribution in [3.8, 4) is 0 Å². The van der Waals surface area contributed by atoms with Crippen LogP contribution in [-0.2, 0) is 10.0 Å². The van der Waals surface area contributed by atoms with Crippen LogP contribution in [0.4, 0.5) is 0 Å². The molecule has 0 radical (unpaired) electrons. The van der Waals surface area contributed by atoms with Gasteiger partial charge in [0.15, 0.2) is 12.0 Å². The lowest BCUT2D eigenvalue weighted by Crippen LogP contribution is -2.38. The van der Waals surface area contributed by atoms with Crippen LogP contribution in [0.2, 0.25) is 0 Å². The van der Waals surface area contributed by atoms with Gasteiger partial charge in [0.25, 0.3) is 10.0 Å². The molecule has 2 rings (SSSR count). The number of aldehydes is 1. The number of nitrogens with one attached hydrogen (secondary N) is 1. The van der Waals surface area contributed by atoms with Gasteiger partial charge in [-0.25, -0.2) is 13.1 Å². The van der Waals surface area contributed by atoms with Crippen molar-refractivity contribution in [3.63, 3.8) is 0 Å². The van der Waals surface area contributed by atoms with Gasteiger partial charge >= 0.3 is 0 Å². The molecule has 1 N–H and O–H groups in total. The molecular formula is C10H13NO4S2. The first-order valence-electron chi connectivity index (χ1n) is 5.27. The predicted molar refractivity (Wildman–Crippen MR) is 64.8 cm³/mol. The molecule has 1 saturated heterocycles. The summed E-state index contributed by atoms with van der Waals surface area (Å²) in [5.41, 5.74) is 0. The zero-order valence-electron chi connectivity index (χ0n) is 9.09. The minimum absolute atomic E-state index is 0.0170. The zero-order valence-corrected chi connectivity index (χ0v) is 10.7. The lowest BCUT2D eigenvalue weighted by Gasteiger charge is -2.21. The average molecular weight is 275 g/mol. The fourth-order valence-corrected chi connectivity index (χ4v) is 4.04. The summed E-state index contributed by atoms with van der Waals surface area (Å²) in [6.45, 7) is 0. The number of carbonyl (C=O) groups is 1. The molecule has 1 fully saturated rings. The Kier molecular flexibility index (Phi) is 3.90. The highest BCUT2D eigenvalue weighted by Gasteiger charge is 2.24. The van der Waals surface area contributed by atoms with Crippen molar-refractivity contribution in [1.29, 1.82) is 0 Å². The van der Waals surface area contributed by atoms with Gasteiger partial charge in [-0.05, 0) is 30.7 Å². The largest absolute Gasteiger partial charge is 0.440 e. The minimum atomic E-state index is -3.64. The van der Waals surface area contributed by atoms with Gasteiger partial charge in [-0.1, -0.05) is 0 Å². The van der Waals surface area contributed by atoms with Crippen LogP contribution in [0.5, 0.6) is 0 Å². The predicted octanol–water partition coefficient (Wildman–Crippen LogP) is 1.27. The Bertz CT molecular complexity index is 488. The van der Waals surface area contributed by atoms with E-state index in [9.17, 15) is 13.2 Å². The summed E-state index contributed by atoms with van der Waals surface area (Å²) in [6, 6.07) is 2.59. The van der Waals surface area contributed by atoms with Crippen LogP contribution in [0, 0.1) is 0 Å². The van der Waals surface area contributed by atoms with E-state index in [1.165, 1.54) is 12.1 Å². The molecule has 2 heterocycles. The first kappa shape index (κ1) is 12.7. The van der Waals surface area contributed by atoms with Crippen LogP contribution in [0.15, 0.2) is 21.6 Å². The van der Waals surface area contributed by atoms with Gasteiger partial charge in [-0.2, -0.15) is 11.8 Å². The molecule has 0 saturated carbocycles. The molecule has 0 aromatic carbocycles. The quantitative estimate of drug-likeness (QED) is 0.837. The summed E-state index contributed by atoms with van der Waals surface area (Å²) in [5, 5.41) is -0.199. The minimum Gasteiger partial charge on any atom is -0.440 e. The Hall–Kier alpha value is -0.790. The molecule has 5 nitrogen and oxygen atoms in total. The second-order valence-electron chi connectivity index (χ2n) is 3.81. The molecular weight excluding hydrogens is 262 g/mol. The lowest BCUT2D eigenvalue weighted by atomic mass is 10.2. The number of hydrogen-bond donors (Lipinski definition) is 1. The maximum atomic E-state index is 11.9. The summed E-state index contributed by atoms with van der Waals surface area (Å²) in [4.78, 5) is 10.4. The molecule has 1 aliphatic rings. The van der Waals surface area contributed by atoms with Gasteiger partial charge in [0.05, 0.1) is 0 Å². The SMILES string of the molecule is O=Cc1ccc(S(=O)(=O)NC2CCCSC2)o1. The Morgan fingerprint density at radius 2 is 2.29 bits per heavy atom. The second-order valence-corrected chi connectivity index (χ2v) is 6.60. The summed E-state index contributed by atoms with van der Waals surface area (Å²) in [5.74, 6) is 1.87. The molecule has 0 amide bonds. The van der Waals surface area contributed by atoms with Crippen molar-refractivity contribution in [3.05, 3.63) is 17.9 Å². The summed E-state index contributed by atoms with van der Waals surface area (Å²) < 4.78 is 31.3. The highest BCUT2D eigenvalue weighted by atomic mass is 32.2. The van der Waals surface area contributed by atoms with Crippen molar-refractivity contribution >= 4 is 28.1 Å². The second kappa shape index (κ2) is 5.24. The van der Waals surface area contributed by atoms with E-state index in [1.807, 2.05) is 0 Å². The van der Waals surface area contributed by atoms with Crippen molar-refractivity contribution in [1.82, 2.24) is 4.72 Å². The summed E-state index contributed by atoms with van der Waals surface area (Å²) in [6.07, 6.45) is 2.33. The highest BCUT2D eigenvalue weighted by Crippen LogP contribution is 2.20. The molecule has 1 aliphatic heterocycles. The first-order valence-corrected chi connectivity index (χ1v) is 7.91. The fourth-order valence-electron chi connectivity index (χ4n) is 1.65. The van der Waals surface area contributed by atoms with E-state index in [0.29, 0.717) is 6.29 Å². The zero-order chi connectivity index (χ0) is 12.3. The number of carbonyl (C=O) groups excluding carboxylic acids is 1. The number of furan rings is 1. The van der Waals surface area contributed by atoms with E-state index < -0.39 is 10.0 Å². The number of hydrogen-bond acceptors (Lipinski definition) is 5. The van der Waals surface area contributed by atoms with E-state index >= 15 is 0 Å². The van der Waals surface area contributed by atoms with Crippen molar-refractivity contribution in [2.24, 2.45) is 0 Å². The van der Waals surface area contributed by atoms with Crippen molar-refractivity contribution < 1.29 is 17.6 Å². The molecule has 1 aromatic heterocycles. The van der Waals surface area contributed by atoms with Gasteiger partial charge in [-0.15, -0.1) is 0 Å². The normalized spacial score (nSPS) is 21.3. The van der Waals surface area contributed by atoms with Crippen LogP contribution >= 0.6 is 11.8 Å². The van der Waals surface area contributed by atoms with E-state index in [4.69, 9.17) is 4.42 Å². The first-order chi connectivity index (χ1) is 8.12. The van der Waals surface area contributed by atoms with Gasteiger partial charge < -0.3 is 4.42 Å². The molecule has 1 atom stereocenters. The van der Waals surface area contributed by atoms with Crippen LogP contribution in [-0.4, -0.2) is 32.3 Å². The third kappa shape index (κ3) is 3.11. The van der Waals surface area contributed by atoms with E-state index in [1.54, 1.807) is 11.8 Å². The van der Waals surface area contributed by atoms with Crippen LogP contribution in [0.25, 0.3) is 0 Å². The Balaban J connectivity index is 2.09. The smallest absolute Gasteiger partial charge is 0.274 e. The highest BCUT2D eigenvalue weighted by molar-refractivity contribution is 7.99. The van der Waals surface area contributed by atoms with Crippen LogP contribution < -0.4 is 4.72 Å². The van der Waals surface area contributed by atoms with Gasteiger partial charge in [-0.3, -0.25) is 4.79 Å². The van der Waals surface area contributed by atoms with E-state index in [-0.39, 0.29) is 16.9 Å². The van der Waals surface area contributed by atoms with Gasteiger partial charge in [0.1, 0.15) is 0 Å². The van der Waals surface area contributed by atoms with E-state index in [0.717, 1.165) is 24.3 Å². The van der Waals surface area contributed by atoms with Crippen molar-refractivity contribution in [2.45, 2.75) is 24.0 Å². The monoisotopic (exact) mass is 275 g/mol. The standard InChI is InChI=1S/C10H13NO4S2/c12-6-9-3-4-10(15-9)17(13,14)11-8-2-1-5-16-7-8/h3-4,6,8,11H,1-2,5,7H2. The Labute approximate surface area is 104 Å². The summed E-state index contributed by atoms with van der Waals surface area (Å²) >= 11 is 1.73. The molecule has 1 aromatic rings. The number of thioether (sulfide) groups is 1. The average Bonchev–Trinajstić information content (AvgIpc) is 2.79. The van der Waals surface area contributed by atoms with Crippen molar-refractivity contribution in [2.75, 3.05) is 11.5 Å². The number of rotatable bonds is 4. The van der Waals surface area contributed by atoms with Gasteiger partial charge in [0, 0.05) is 11.8 Å². The Morgan fingerprint density at radius 3 is 2.88 bits per heavy atom. The van der Waals surface area contributed by atoms with Crippen LogP contribution in [0.3, 0.4) is 0 Å². The third-order valence-electron chi connectivity index (χ3n) is 2.47. The number of sulfonamides is 1. The van der Waals surface area contributed by atoms with Gasteiger partial charge in [0.2, 0.25) is 5.09 Å². The Morgan fingerprint density at radius 1 is 1.47 bits per heavy atom. The molecule has 0 aliphatic carbocycles. The maximum Gasteiger partial charge on any atom is 0.274 e.